The molecule has 2 heterocycles. The van der Waals surface area contributed by atoms with Gasteiger partial charge in [0.05, 0.1) is 17.4 Å². The van der Waals surface area contributed by atoms with Gasteiger partial charge in [-0.1, -0.05) is 78.6 Å². The Kier molecular flexibility index (Phi) is 5.74. The molecule has 36 heavy (non-hydrogen) atoms. The molecule has 1 aliphatic heterocycles. The number of ether oxygens (including phenoxy) is 1. The predicted molar refractivity (Wildman–Crippen MR) is 145 cm³/mol. The van der Waals surface area contributed by atoms with Crippen LogP contribution in [0, 0.1) is 11.3 Å². The number of rotatable bonds is 2. The van der Waals surface area contributed by atoms with Crippen LogP contribution in [-0.4, -0.2) is 10.1 Å². The Morgan fingerprint density at radius 2 is 1.78 bits per heavy atom. The lowest BCUT2D eigenvalue weighted by molar-refractivity contribution is -0.0842. The van der Waals surface area contributed by atoms with Crippen molar-refractivity contribution in [3.63, 3.8) is 0 Å². The molecule has 2 aromatic rings. The molecule has 3 aliphatic carbocycles. The highest BCUT2D eigenvalue weighted by Crippen LogP contribution is 2.62. The number of pyridine rings is 1. The molecule has 1 aromatic carbocycles. The fourth-order valence-electron chi connectivity index (χ4n) is 7.99. The van der Waals surface area contributed by atoms with Crippen LogP contribution < -0.4 is 0 Å². The van der Waals surface area contributed by atoms with Crippen molar-refractivity contribution in [1.29, 1.82) is 0 Å². The number of hydrogen-bond acceptors (Lipinski definition) is 3. The highest BCUT2D eigenvalue weighted by Gasteiger charge is 2.56. The van der Waals surface area contributed by atoms with Gasteiger partial charge in [0, 0.05) is 22.7 Å². The molecule has 3 nitrogen and oxygen atoms in total. The summed E-state index contributed by atoms with van der Waals surface area (Å²) < 4.78 is 7.36. The van der Waals surface area contributed by atoms with Crippen molar-refractivity contribution in [1.82, 2.24) is 4.98 Å². The second kappa shape index (κ2) is 8.40. The van der Waals surface area contributed by atoms with E-state index in [2.05, 4.69) is 65.8 Å². The maximum atomic E-state index is 11.7. The average Bonchev–Trinajstić information content (AvgIpc) is 3.53. The molecule has 3 heteroatoms. The minimum atomic E-state index is -0.462. The molecular formula is C33H45NO2. The van der Waals surface area contributed by atoms with Gasteiger partial charge in [-0.15, -0.1) is 0 Å². The van der Waals surface area contributed by atoms with Crippen LogP contribution in [0.4, 0.5) is 0 Å². The van der Waals surface area contributed by atoms with E-state index in [0.717, 1.165) is 30.5 Å². The molecule has 1 N–H and O–H groups in total. The van der Waals surface area contributed by atoms with Gasteiger partial charge in [-0.3, -0.25) is 4.98 Å². The largest absolute Gasteiger partial charge is 0.388 e. The molecule has 0 saturated heterocycles. The maximum absolute atomic E-state index is 11.7. The Morgan fingerprint density at radius 1 is 1.03 bits per heavy atom. The van der Waals surface area contributed by atoms with Crippen molar-refractivity contribution in [3.8, 4) is 0 Å². The van der Waals surface area contributed by atoms with Crippen molar-refractivity contribution >= 4 is 0 Å². The van der Waals surface area contributed by atoms with Crippen LogP contribution in [0.3, 0.4) is 0 Å². The molecule has 0 bridgehead atoms. The summed E-state index contributed by atoms with van der Waals surface area (Å²) in [5.74, 6) is 0.951. The molecule has 4 atom stereocenters. The number of aliphatic hydroxyl groups excluding tert-OH is 1. The zero-order valence-corrected chi connectivity index (χ0v) is 23.3. The van der Waals surface area contributed by atoms with E-state index in [9.17, 15) is 5.11 Å². The summed E-state index contributed by atoms with van der Waals surface area (Å²) >= 11 is 0. The van der Waals surface area contributed by atoms with E-state index in [1.807, 2.05) is 0 Å². The standard InChI is InChI=1S/C33H45NO2/c1-20-11-10-16-33(20)28-26-24(18-32(5,6)19-25(26)35)34-29(21-12-7-8-13-21)27(28)30(36-33)22-14-9-15-23(17-22)31(2,3)4/h9,14-15,17,20-21,25,30,35H,7-8,10-13,16,18-19H2,1-6H3. The molecule has 0 radical (unpaired) electrons. The smallest absolute Gasteiger partial charge is 0.111 e. The maximum Gasteiger partial charge on any atom is 0.111 e. The third-order valence-corrected chi connectivity index (χ3v) is 9.90. The van der Waals surface area contributed by atoms with E-state index in [-0.39, 0.29) is 22.5 Å². The normalized spacial score (nSPS) is 31.7. The third kappa shape index (κ3) is 3.79. The van der Waals surface area contributed by atoms with Crippen LogP contribution in [-0.2, 0) is 22.2 Å². The first-order chi connectivity index (χ1) is 17.0. The molecule has 1 aromatic heterocycles. The van der Waals surface area contributed by atoms with E-state index in [1.165, 1.54) is 66.5 Å². The highest BCUT2D eigenvalue weighted by atomic mass is 16.5. The fraction of sp³-hybridized carbons (Fsp3) is 0.667. The Bertz CT molecular complexity index is 1170. The SMILES string of the molecule is CC1CCCC12OC(c1cccc(C(C)(C)C)c1)c1c(C3CCCC3)nc3c(c12)C(O)CC(C)(C)C3. The first-order valence-electron chi connectivity index (χ1n) is 14.5. The van der Waals surface area contributed by atoms with Gasteiger partial charge in [0.15, 0.2) is 0 Å². The Hall–Kier alpha value is -1.71. The highest BCUT2D eigenvalue weighted by molar-refractivity contribution is 5.55. The molecule has 4 unspecified atom stereocenters. The summed E-state index contributed by atoms with van der Waals surface area (Å²) in [4.78, 5) is 5.50. The monoisotopic (exact) mass is 487 g/mol. The minimum absolute atomic E-state index is 0.0644. The molecule has 2 saturated carbocycles. The van der Waals surface area contributed by atoms with E-state index >= 15 is 0 Å². The molecule has 0 amide bonds. The number of aromatic nitrogens is 1. The van der Waals surface area contributed by atoms with Gasteiger partial charge in [-0.2, -0.15) is 0 Å². The van der Waals surface area contributed by atoms with Crippen molar-refractivity contribution in [2.45, 2.75) is 128 Å². The predicted octanol–water partition coefficient (Wildman–Crippen LogP) is 8.18. The third-order valence-electron chi connectivity index (χ3n) is 9.90. The van der Waals surface area contributed by atoms with Gasteiger partial charge in [0.1, 0.15) is 6.10 Å². The quantitative estimate of drug-likeness (QED) is 0.464. The summed E-state index contributed by atoms with van der Waals surface area (Å²) in [6.07, 6.45) is 9.63. The molecule has 6 rings (SSSR count). The fourth-order valence-corrected chi connectivity index (χ4v) is 7.99. The lowest BCUT2D eigenvalue weighted by atomic mass is 9.69. The van der Waals surface area contributed by atoms with Gasteiger partial charge >= 0.3 is 0 Å². The van der Waals surface area contributed by atoms with Crippen LogP contribution in [0.2, 0.25) is 0 Å². The summed E-state index contributed by atoms with van der Waals surface area (Å²) in [6.45, 7) is 13.8. The zero-order chi connectivity index (χ0) is 25.5. The topological polar surface area (TPSA) is 42.4 Å². The Morgan fingerprint density at radius 3 is 2.44 bits per heavy atom. The first kappa shape index (κ1) is 24.6. The Labute approximate surface area is 218 Å². The number of nitrogens with zero attached hydrogens (tertiary/aromatic N) is 1. The van der Waals surface area contributed by atoms with E-state index in [4.69, 9.17) is 9.72 Å². The Balaban J connectivity index is 1.63. The van der Waals surface area contributed by atoms with Crippen molar-refractivity contribution < 1.29 is 9.84 Å². The van der Waals surface area contributed by atoms with Crippen LogP contribution in [0.25, 0.3) is 0 Å². The molecule has 1 spiro atoms. The van der Waals surface area contributed by atoms with Gasteiger partial charge in [-0.05, 0) is 78.4 Å². The van der Waals surface area contributed by atoms with Crippen LogP contribution in [0.5, 0.6) is 0 Å². The average molecular weight is 488 g/mol. The molecule has 2 fully saturated rings. The lowest BCUT2D eigenvalue weighted by Crippen LogP contribution is -2.34. The van der Waals surface area contributed by atoms with Crippen LogP contribution >= 0.6 is 0 Å². The second-order valence-corrected chi connectivity index (χ2v) is 14.2. The van der Waals surface area contributed by atoms with Gasteiger partial charge in [0.2, 0.25) is 0 Å². The van der Waals surface area contributed by atoms with Crippen LogP contribution in [0.1, 0.15) is 150 Å². The zero-order valence-electron chi connectivity index (χ0n) is 23.3. The molecular weight excluding hydrogens is 442 g/mol. The van der Waals surface area contributed by atoms with Crippen molar-refractivity contribution in [3.05, 3.63) is 63.5 Å². The summed E-state index contributed by atoms with van der Waals surface area (Å²) in [5.41, 5.74) is 8.73. The van der Waals surface area contributed by atoms with E-state index in [1.54, 1.807) is 0 Å². The van der Waals surface area contributed by atoms with E-state index in [0.29, 0.717) is 11.8 Å². The molecule has 194 valence electrons. The first-order valence-corrected chi connectivity index (χ1v) is 14.5. The van der Waals surface area contributed by atoms with Crippen molar-refractivity contribution in [2.75, 3.05) is 0 Å². The summed E-state index contributed by atoms with van der Waals surface area (Å²) in [7, 11) is 0. The van der Waals surface area contributed by atoms with E-state index < -0.39 is 6.10 Å². The summed E-state index contributed by atoms with van der Waals surface area (Å²) in [5, 5.41) is 11.7. The second-order valence-electron chi connectivity index (χ2n) is 14.2. The van der Waals surface area contributed by atoms with Gasteiger partial charge in [0.25, 0.3) is 0 Å². The number of benzene rings is 1. The van der Waals surface area contributed by atoms with Crippen LogP contribution in [0.15, 0.2) is 24.3 Å². The number of hydrogen-bond donors (Lipinski definition) is 1. The minimum Gasteiger partial charge on any atom is -0.388 e. The lowest BCUT2D eigenvalue weighted by Gasteiger charge is -2.39. The summed E-state index contributed by atoms with van der Waals surface area (Å²) in [6, 6.07) is 9.10. The molecule has 4 aliphatic rings. The van der Waals surface area contributed by atoms with Gasteiger partial charge in [-0.25, -0.2) is 0 Å². The van der Waals surface area contributed by atoms with Gasteiger partial charge < -0.3 is 9.84 Å². The number of aliphatic hydroxyl groups is 1. The number of fused-ring (bicyclic) bond motifs is 4. The van der Waals surface area contributed by atoms with Crippen molar-refractivity contribution in [2.24, 2.45) is 11.3 Å².